The van der Waals surface area contributed by atoms with Crippen LogP contribution in [-0.4, -0.2) is 44.3 Å². The summed E-state index contributed by atoms with van der Waals surface area (Å²) in [5.41, 5.74) is 0. The second-order valence-electron chi connectivity index (χ2n) is 5.65. The lowest BCUT2D eigenvalue weighted by Crippen LogP contribution is -2.22. The molecule has 1 fully saturated rings. The van der Waals surface area contributed by atoms with Crippen molar-refractivity contribution in [2.45, 2.75) is 57.3 Å². The third-order valence-electron chi connectivity index (χ3n) is 3.75. The fraction of sp³-hybridized carbons (Fsp3) is 0.786. The fourth-order valence-electron chi connectivity index (χ4n) is 2.72. The summed E-state index contributed by atoms with van der Waals surface area (Å²) in [5, 5.41) is 18.0. The number of aliphatic carboxylic acids is 1. The van der Waals surface area contributed by atoms with E-state index in [0.29, 0.717) is 11.1 Å². The van der Waals surface area contributed by atoms with E-state index < -0.39 is 5.97 Å². The van der Waals surface area contributed by atoms with E-state index in [2.05, 4.69) is 35.5 Å². The Kier molecular flexibility index (Phi) is 5.64. The van der Waals surface area contributed by atoms with Crippen molar-refractivity contribution in [2.75, 3.05) is 12.4 Å². The third-order valence-corrected chi connectivity index (χ3v) is 4.70. The van der Waals surface area contributed by atoms with Crippen LogP contribution in [0.3, 0.4) is 0 Å². The molecule has 1 aromatic heterocycles. The summed E-state index contributed by atoms with van der Waals surface area (Å²) < 4.78 is 7.83. The van der Waals surface area contributed by atoms with Crippen molar-refractivity contribution >= 4 is 17.7 Å². The first-order valence-corrected chi connectivity index (χ1v) is 8.40. The number of nitrogens with zero attached hydrogens (tertiary/aromatic N) is 3. The minimum Gasteiger partial charge on any atom is -0.481 e. The van der Waals surface area contributed by atoms with Crippen molar-refractivity contribution in [3.05, 3.63) is 5.82 Å². The molecule has 0 aliphatic carbocycles. The SMILES string of the molecule is CCC1OCCC1Cn1c(SCC(=O)O)nnc1C(C)C. The molecule has 2 rings (SSSR count). The number of hydrogen-bond donors (Lipinski definition) is 1. The van der Waals surface area contributed by atoms with Gasteiger partial charge in [0.2, 0.25) is 0 Å². The van der Waals surface area contributed by atoms with Crippen molar-refractivity contribution in [2.24, 2.45) is 5.92 Å². The molecule has 0 aromatic carbocycles. The van der Waals surface area contributed by atoms with Gasteiger partial charge in [-0.2, -0.15) is 0 Å². The molecule has 118 valence electrons. The maximum atomic E-state index is 10.8. The second-order valence-corrected chi connectivity index (χ2v) is 6.60. The van der Waals surface area contributed by atoms with Crippen molar-refractivity contribution in [3.63, 3.8) is 0 Å². The molecule has 2 unspecified atom stereocenters. The van der Waals surface area contributed by atoms with E-state index in [-0.39, 0.29) is 17.8 Å². The van der Waals surface area contributed by atoms with Gasteiger partial charge in [-0.05, 0) is 12.8 Å². The van der Waals surface area contributed by atoms with Crippen LogP contribution in [0.25, 0.3) is 0 Å². The number of carboxylic acids is 1. The molecule has 0 amide bonds. The summed E-state index contributed by atoms with van der Waals surface area (Å²) in [6.45, 7) is 7.91. The monoisotopic (exact) mass is 313 g/mol. The molecule has 0 bridgehead atoms. The minimum absolute atomic E-state index is 0.00853. The maximum Gasteiger partial charge on any atom is 0.313 e. The van der Waals surface area contributed by atoms with Crippen LogP contribution in [0.5, 0.6) is 0 Å². The van der Waals surface area contributed by atoms with Gasteiger partial charge in [-0.1, -0.05) is 32.5 Å². The van der Waals surface area contributed by atoms with Crippen LogP contribution in [0.15, 0.2) is 5.16 Å². The van der Waals surface area contributed by atoms with E-state index in [1.165, 1.54) is 11.8 Å². The van der Waals surface area contributed by atoms with Crippen LogP contribution in [0, 0.1) is 5.92 Å². The molecular weight excluding hydrogens is 290 g/mol. The fourth-order valence-corrected chi connectivity index (χ4v) is 3.39. The van der Waals surface area contributed by atoms with Gasteiger partial charge >= 0.3 is 5.97 Å². The largest absolute Gasteiger partial charge is 0.481 e. The molecule has 7 heteroatoms. The first-order chi connectivity index (χ1) is 10.0. The first kappa shape index (κ1) is 16.3. The molecule has 1 aliphatic rings. The Morgan fingerprint density at radius 1 is 1.52 bits per heavy atom. The summed E-state index contributed by atoms with van der Waals surface area (Å²) >= 11 is 1.23. The molecule has 1 saturated heterocycles. The normalized spacial score (nSPS) is 22.1. The smallest absolute Gasteiger partial charge is 0.313 e. The second kappa shape index (κ2) is 7.26. The molecule has 2 heterocycles. The molecule has 1 aliphatic heterocycles. The topological polar surface area (TPSA) is 77.2 Å². The molecule has 1 N–H and O–H groups in total. The Morgan fingerprint density at radius 2 is 2.29 bits per heavy atom. The van der Waals surface area contributed by atoms with E-state index in [9.17, 15) is 4.79 Å². The summed E-state index contributed by atoms with van der Waals surface area (Å²) in [5.74, 6) is 0.807. The lowest BCUT2D eigenvalue weighted by atomic mass is 9.99. The molecule has 21 heavy (non-hydrogen) atoms. The first-order valence-electron chi connectivity index (χ1n) is 7.42. The third kappa shape index (κ3) is 3.97. The van der Waals surface area contributed by atoms with Crippen molar-refractivity contribution < 1.29 is 14.6 Å². The summed E-state index contributed by atoms with van der Waals surface area (Å²) in [6.07, 6.45) is 2.32. The van der Waals surface area contributed by atoms with Crippen LogP contribution in [0.4, 0.5) is 0 Å². The number of carbonyl (C=O) groups is 1. The summed E-state index contributed by atoms with van der Waals surface area (Å²) in [7, 11) is 0. The predicted molar refractivity (Wildman–Crippen MR) is 80.6 cm³/mol. The van der Waals surface area contributed by atoms with Crippen LogP contribution in [-0.2, 0) is 16.1 Å². The van der Waals surface area contributed by atoms with Crippen molar-refractivity contribution in [1.29, 1.82) is 0 Å². The number of thioether (sulfide) groups is 1. The van der Waals surface area contributed by atoms with Gasteiger partial charge in [0, 0.05) is 25.0 Å². The van der Waals surface area contributed by atoms with Crippen LogP contribution in [0.2, 0.25) is 0 Å². The van der Waals surface area contributed by atoms with E-state index in [1.807, 2.05) is 0 Å². The Balaban J connectivity index is 2.17. The average molecular weight is 313 g/mol. The average Bonchev–Trinajstić information content (AvgIpc) is 3.03. The maximum absolute atomic E-state index is 10.8. The van der Waals surface area contributed by atoms with Gasteiger partial charge in [0.25, 0.3) is 0 Å². The molecule has 2 atom stereocenters. The molecular formula is C14H23N3O3S. The standard InChI is InChI=1S/C14H23N3O3S/c1-4-11-10(5-6-20-11)7-17-13(9(2)3)15-16-14(17)21-8-12(18)19/h9-11H,4-8H2,1-3H3,(H,18,19). The van der Waals surface area contributed by atoms with Crippen LogP contribution >= 0.6 is 11.8 Å². The number of ether oxygens (including phenoxy) is 1. The van der Waals surface area contributed by atoms with Gasteiger partial charge in [0.1, 0.15) is 5.82 Å². The number of rotatable bonds is 7. The zero-order valence-electron chi connectivity index (χ0n) is 12.8. The molecule has 0 saturated carbocycles. The highest BCUT2D eigenvalue weighted by molar-refractivity contribution is 7.99. The summed E-state index contributed by atoms with van der Waals surface area (Å²) in [4.78, 5) is 10.8. The lowest BCUT2D eigenvalue weighted by molar-refractivity contribution is -0.133. The lowest BCUT2D eigenvalue weighted by Gasteiger charge is -2.20. The predicted octanol–water partition coefficient (Wildman–Crippen LogP) is 2.39. The Morgan fingerprint density at radius 3 is 2.90 bits per heavy atom. The van der Waals surface area contributed by atoms with E-state index >= 15 is 0 Å². The highest BCUT2D eigenvalue weighted by Crippen LogP contribution is 2.29. The summed E-state index contributed by atoms with van der Waals surface area (Å²) in [6, 6.07) is 0. The van der Waals surface area contributed by atoms with E-state index in [0.717, 1.165) is 31.8 Å². The molecule has 1 aromatic rings. The van der Waals surface area contributed by atoms with Crippen LogP contribution in [0.1, 0.15) is 45.4 Å². The molecule has 0 spiro atoms. The van der Waals surface area contributed by atoms with Gasteiger partial charge in [0.05, 0.1) is 11.9 Å². The van der Waals surface area contributed by atoms with Gasteiger partial charge < -0.3 is 14.4 Å². The molecule has 0 radical (unpaired) electrons. The van der Waals surface area contributed by atoms with Gasteiger partial charge in [0.15, 0.2) is 5.16 Å². The van der Waals surface area contributed by atoms with Gasteiger partial charge in [-0.15, -0.1) is 10.2 Å². The van der Waals surface area contributed by atoms with E-state index in [4.69, 9.17) is 9.84 Å². The van der Waals surface area contributed by atoms with Crippen molar-refractivity contribution in [1.82, 2.24) is 14.8 Å². The number of hydrogen-bond acceptors (Lipinski definition) is 5. The quantitative estimate of drug-likeness (QED) is 0.779. The highest BCUT2D eigenvalue weighted by Gasteiger charge is 2.29. The number of carboxylic acid groups (broad SMARTS) is 1. The van der Waals surface area contributed by atoms with Gasteiger partial charge in [-0.25, -0.2) is 0 Å². The van der Waals surface area contributed by atoms with Gasteiger partial charge in [-0.3, -0.25) is 4.79 Å². The highest BCUT2D eigenvalue weighted by atomic mass is 32.2. The number of aromatic nitrogens is 3. The Labute approximate surface area is 129 Å². The zero-order valence-corrected chi connectivity index (χ0v) is 13.6. The zero-order chi connectivity index (χ0) is 15.4. The Hall–Kier alpha value is -1.08. The Bertz CT molecular complexity index is 490. The molecule has 6 nitrogen and oxygen atoms in total. The minimum atomic E-state index is -0.837. The van der Waals surface area contributed by atoms with Crippen molar-refractivity contribution in [3.8, 4) is 0 Å². The van der Waals surface area contributed by atoms with Crippen LogP contribution < -0.4 is 0 Å². The van der Waals surface area contributed by atoms with E-state index in [1.54, 1.807) is 0 Å².